The Balaban J connectivity index is 2.51. The van der Waals surface area contributed by atoms with Crippen molar-refractivity contribution >= 4 is 15.8 Å². The zero-order valence-electron chi connectivity index (χ0n) is 11.3. The summed E-state index contributed by atoms with van der Waals surface area (Å²) in [5.41, 5.74) is -0.527. The number of benzene rings is 1. The van der Waals surface area contributed by atoms with Crippen LogP contribution in [0.3, 0.4) is 0 Å². The van der Waals surface area contributed by atoms with Crippen LogP contribution in [-0.4, -0.2) is 30.9 Å². The summed E-state index contributed by atoms with van der Waals surface area (Å²) < 4.78 is 23.0. The van der Waals surface area contributed by atoms with E-state index in [1.54, 1.807) is 0 Å². The predicted molar refractivity (Wildman–Crippen MR) is 73.6 cm³/mol. The topological polar surface area (TPSA) is 91.7 Å². The number of aromatic hydroxyl groups is 1. The number of carboxylic acids is 1. The highest BCUT2D eigenvalue weighted by atomic mass is 32.2. The molecule has 1 aliphatic carbocycles. The van der Waals surface area contributed by atoms with E-state index in [4.69, 9.17) is 0 Å². The maximum atomic E-state index is 11.7. The highest BCUT2D eigenvalue weighted by Gasteiger charge is 2.41. The van der Waals surface area contributed by atoms with Crippen LogP contribution in [0.2, 0.25) is 0 Å². The molecule has 1 aliphatic rings. The molecule has 1 aromatic carbocycles. The number of carbonyl (C=O) groups is 1. The van der Waals surface area contributed by atoms with Crippen molar-refractivity contribution in [1.82, 2.24) is 0 Å². The van der Waals surface area contributed by atoms with Gasteiger partial charge in [0.1, 0.15) is 10.6 Å². The molecule has 6 heteroatoms. The molecule has 0 bridgehead atoms. The molecule has 20 heavy (non-hydrogen) atoms. The number of sulfone groups is 1. The molecule has 0 unspecified atom stereocenters. The van der Waals surface area contributed by atoms with Crippen molar-refractivity contribution in [3.05, 3.63) is 23.8 Å². The second kappa shape index (κ2) is 5.09. The van der Waals surface area contributed by atoms with Crippen LogP contribution in [0, 0.1) is 0 Å². The monoisotopic (exact) mass is 298 g/mol. The Morgan fingerprint density at radius 1 is 1.20 bits per heavy atom. The number of hydrogen-bond acceptors (Lipinski definition) is 4. The summed E-state index contributed by atoms with van der Waals surface area (Å²) in [4.78, 5) is 11.5. The first-order chi connectivity index (χ1) is 9.27. The molecule has 0 amide bonds. The van der Waals surface area contributed by atoms with E-state index in [1.807, 2.05) is 0 Å². The minimum Gasteiger partial charge on any atom is -0.507 e. The molecule has 0 aliphatic heterocycles. The highest BCUT2D eigenvalue weighted by Crippen LogP contribution is 2.41. The molecule has 2 rings (SSSR count). The van der Waals surface area contributed by atoms with E-state index in [2.05, 4.69) is 0 Å². The van der Waals surface area contributed by atoms with Gasteiger partial charge in [0.2, 0.25) is 0 Å². The van der Waals surface area contributed by atoms with Gasteiger partial charge in [-0.25, -0.2) is 8.42 Å². The summed E-state index contributed by atoms with van der Waals surface area (Å²) in [6, 6.07) is 4.09. The zero-order valence-corrected chi connectivity index (χ0v) is 12.1. The van der Waals surface area contributed by atoms with Gasteiger partial charge in [-0.15, -0.1) is 0 Å². The van der Waals surface area contributed by atoms with Gasteiger partial charge in [-0.1, -0.05) is 25.3 Å². The maximum absolute atomic E-state index is 11.7. The Hall–Kier alpha value is -1.56. The van der Waals surface area contributed by atoms with Gasteiger partial charge in [0, 0.05) is 6.26 Å². The molecular formula is C14H18O5S. The van der Waals surface area contributed by atoms with E-state index in [0.29, 0.717) is 18.4 Å². The summed E-state index contributed by atoms with van der Waals surface area (Å²) in [7, 11) is -3.52. The van der Waals surface area contributed by atoms with Gasteiger partial charge in [-0.05, 0) is 30.5 Å². The second-order valence-electron chi connectivity index (χ2n) is 5.40. The number of rotatable bonds is 3. The number of phenolic OH excluding ortho intramolecular Hbond substituents is 1. The summed E-state index contributed by atoms with van der Waals surface area (Å²) in [6.07, 6.45) is 4.68. The number of hydrogen-bond donors (Lipinski definition) is 2. The van der Waals surface area contributed by atoms with Crippen molar-refractivity contribution in [1.29, 1.82) is 0 Å². The molecule has 0 aromatic heterocycles. The molecule has 0 atom stereocenters. The SMILES string of the molecule is CS(=O)(=O)c1ccc(C2(C(=O)O)CCCCC2)cc1O. The lowest BCUT2D eigenvalue weighted by atomic mass is 9.69. The Morgan fingerprint density at radius 2 is 1.80 bits per heavy atom. The molecule has 1 aromatic rings. The normalized spacial score (nSPS) is 18.6. The minimum atomic E-state index is -3.52. The van der Waals surface area contributed by atoms with Gasteiger partial charge in [-0.3, -0.25) is 4.79 Å². The molecular weight excluding hydrogens is 280 g/mol. The van der Waals surface area contributed by atoms with E-state index in [0.717, 1.165) is 25.5 Å². The molecule has 1 fully saturated rings. The summed E-state index contributed by atoms with van der Waals surface area (Å²) in [6.45, 7) is 0. The van der Waals surface area contributed by atoms with E-state index in [1.165, 1.54) is 18.2 Å². The van der Waals surface area contributed by atoms with Gasteiger partial charge >= 0.3 is 5.97 Å². The van der Waals surface area contributed by atoms with Gasteiger partial charge in [0.25, 0.3) is 0 Å². The van der Waals surface area contributed by atoms with Crippen LogP contribution in [0.5, 0.6) is 5.75 Å². The van der Waals surface area contributed by atoms with Gasteiger partial charge in [0.05, 0.1) is 5.41 Å². The van der Waals surface area contributed by atoms with Crippen molar-refractivity contribution in [3.8, 4) is 5.75 Å². The smallest absolute Gasteiger partial charge is 0.314 e. The first kappa shape index (κ1) is 14.8. The quantitative estimate of drug-likeness (QED) is 0.891. The van der Waals surface area contributed by atoms with E-state index in [-0.39, 0.29) is 10.6 Å². The lowest BCUT2D eigenvalue weighted by molar-refractivity contribution is -0.145. The van der Waals surface area contributed by atoms with Crippen LogP contribution in [0.1, 0.15) is 37.7 Å². The van der Waals surface area contributed by atoms with Crippen LogP contribution in [0.25, 0.3) is 0 Å². The molecule has 0 saturated heterocycles. The summed E-state index contributed by atoms with van der Waals surface area (Å²) in [5.74, 6) is -1.29. The minimum absolute atomic E-state index is 0.169. The van der Waals surface area contributed by atoms with Crippen molar-refractivity contribution < 1.29 is 23.4 Å². The third-order valence-corrected chi connectivity index (χ3v) is 5.17. The summed E-state index contributed by atoms with van der Waals surface area (Å²) in [5, 5.41) is 19.4. The Kier molecular flexibility index (Phi) is 3.77. The third kappa shape index (κ3) is 2.52. The van der Waals surface area contributed by atoms with Gasteiger partial charge < -0.3 is 10.2 Å². The molecule has 0 spiro atoms. The van der Waals surface area contributed by atoms with E-state index >= 15 is 0 Å². The molecule has 5 nitrogen and oxygen atoms in total. The fraction of sp³-hybridized carbons (Fsp3) is 0.500. The van der Waals surface area contributed by atoms with Gasteiger partial charge in [0.15, 0.2) is 9.84 Å². The van der Waals surface area contributed by atoms with Crippen molar-refractivity contribution in [2.24, 2.45) is 0 Å². The first-order valence-corrected chi connectivity index (χ1v) is 8.43. The van der Waals surface area contributed by atoms with Crippen molar-refractivity contribution in [2.75, 3.05) is 6.26 Å². The maximum Gasteiger partial charge on any atom is 0.314 e. The van der Waals surface area contributed by atoms with Crippen molar-refractivity contribution in [3.63, 3.8) is 0 Å². The van der Waals surface area contributed by atoms with Crippen LogP contribution in [0.4, 0.5) is 0 Å². The largest absolute Gasteiger partial charge is 0.507 e. The summed E-state index contributed by atoms with van der Waals surface area (Å²) >= 11 is 0. The first-order valence-electron chi connectivity index (χ1n) is 6.54. The fourth-order valence-corrected chi connectivity index (χ4v) is 3.66. The Morgan fingerprint density at radius 3 is 2.25 bits per heavy atom. The molecule has 2 N–H and O–H groups in total. The molecule has 0 heterocycles. The van der Waals surface area contributed by atoms with Gasteiger partial charge in [-0.2, -0.15) is 0 Å². The number of carboxylic acid groups (broad SMARTS) is 1. The number of aliphatic carboxylic acids is 1. The fourth-order valence-electron chi connectivity index (χ4n) is 2.91. The molecule has 110 valence electrons. The zero-order chi connectivity index (χ0) is 15.0. The average molecular weight is 298 g/mol. The van der Waals surface area contributed by atoms with Crippen molar-refractivity contribution in [2.45, 2.75) is 42.4 Å². The Bertz CT molecular complexity index is 627. The second-order valence-corrected chi connectivity index (χ2v) is 7.39. The standard InChI is InChI=1S/C14H18O5S/c1-20(18,19)12-6-5-10(9-11(12)15)14(13(16)17)7-3-2-4-8-14/h5-6,9,15H,2-4,7-8H2,1H3,(H,16,17). The van der Waals surface area contributed by atoms with Crippen LogP contribution in [0.15, 0.2) is 23.1 Å². The third-order valence-electron chi connectivity index (χ3n) is 4.03. The van der Waals surface area contributed by atoms with Crippen LogP contribution in [-0.2, 0) is 20.0 Å². The Labute approximate surface area is 118 Å². The molecule has 1 saturated carbocycles. The number of phenols is 1. The lowest BCUT2D eigenvalue weighted by Gasteiger charge is -2.33. The van der Waals surface area contributed by atoms with E-state index < -0.39 is 21.2 Å². The predicted octanol–water partition coefficient (Wildman–Crippen LogP) is 2.08. The molecule has 0 radical (unpaired) electrons. The lowest BCUT2D eigenvalue weighted by Crippen LogP contribution is -2.37. The van der Waals surface area contributed by atoms with Crippen LogP contribution >= 0.6 is 0 Å². The highest BCUT2D eigenvalue weighted by molar-refractivity contribution is 7.90. The van der Waals surface area contributed by atoms with E-state index in [9.17, 15) is 23.4 Å². The average Bonchev–Trinajstić information content (AvgIpc) is 2.37. The van der Waals surface area contributed by atoms with Crippen LogP contribution < -0.4 is 0 Å².